The molecule has 1 heterocycles. The third kappa shape index (κ3) is 4.20. The fourth-order valence-corrected chi connectivity index (χ4v) is 3.23. The van der Waals surface area contributed by atoms with Gasteiger partial charge in [0.15, 0.2) is 5.82 Å². The van der Waals surface area contributed by atoms with Crippen molar-refractivity contribution in [2.45, 2.75) is 19.3 Å². The number of alkyl halides is 3. The van der Waals surface area contributed by atoms with E-state index in [-0.39, 0.29) is 17.9 Å². The fourth-order valence-electron chi connectivity index (χ4n) is 3.23. The van der Waals surface area contributed by atoms with E-state index in [4.69, 9.17) is 0 Å². The number of hydrogen-bond donors (Lipinski definition) is 1. The number of hydrogen-bond acceptors (Lipinski definition) is 3. The second kappa shape index (κ2) is 8.02. The van der Waals surface area contributed by atoms with Crippen molar-refractivity contribution in [2.24, 2.45) is 0 Å². The molecule has 0 aliphatic carbocycles. The van der Waals surface area contributed by atoms with Gasteiger partial charge in [-0.3, -0.25) is 9.36 Å². The second-order valence-corrected chi connectivity index (χ2v) is 6.87. The van der Waals surface area contributed by atoms with Crippen LogP contribution < -0.4 is 10.9 Å². The molecule has 0 aliphatic rings. The zero-order valence-electron chi connectivity index (χ0n) is 15.9. The van der Waals surface area contributed by atoms with Crippen molar-refractivity contribution in [1.82, 2.24) is 9.55 Å². The molecule has 152 valence electrons. The Morgan fingerprint density at radius 2 is 1.50 bits per heavy atom. The highest BCUT2D eigenvalue weighted by atomic mass is 19.4. The highest BCUT2D eigenvalue weighted by molar-refractivity contribution is 5.76. The lowest BCUT2D eigenvalue weighted by Gasteiger charge is -2.14. The molecule has 1 aromatic heterocycles. The average molecular weight is 409 g/mol. The normalized spacial score (nSPS) is 11.6. The highest BCUT2D eigenvalue weighted by Crippen LogP contribution is 2.29. The zero-order valence-corrected chi connectivity index (χ0v) is 15.9. The molecule has 0 radical (unpaired) electrons. The minimum atomic E-state index is -4.38. The first-order valence-electron chi connectivity index (χ1n) is 9.35. The van der Waals surface area contributed by atoms with Gasteiger partial charge < -0.3 is 5.32 Å². The van der Waals surface area contributed by atoms with Crippen molar-refractivity contribution in [1.29, 1.82) is 0 Å². The van der Waals surface area contributed by atoms with Crippen LogP contribution in [0.2, 0.25) is 0 Å². The van der Waals surface area contributed by atoms with Crippen LogP contribution in [0.1, 0.15) is 16.7 Å². The summed E-state index contributed by atoms with van der Waals surface area (Å²) >= 11 is 0. The molecule has 1 N–H and O–H groups in total. The molecule has 0 spiro atoms. The van der Waals surface area contributed by atoms with E-state index in [9.17, 15) is 18.0 Å². The Kier molecular flexibility index (Phi) is 5.27. The largest absolute Gasteiger partial charge is 0.416 e. The molecule has 0 unspecified atom stereocenters. The van der Waals surface area contributed by atoms with E-state index >= 15 is 0 Å². The summed E-state index contributed by atoms with van der Waals surface area (Å²) in [4.78, 5) is 17.5. The number of nitrogens with zero attached hydrogens (tertiary/aromatic N) is 2. The minimum Gasteiger partial charge on any atom is -0.361 e. The first-order chi connectivity index (χ1) is 14.4. The Bertz CT molecular complexity index is 1220. The van der Waals surface area contributed by atoms with Crippen LogP contribution in [0.3, 0.4) is 0 Å². The predicted molar refractivity (Wildman–Crippen MR) is 110 cm³/mol. The molecule has 0 aliphatic heterocycles. The standard InChI is InChI=1S/C23H18F3N3O/c24-23(25,26)18-12-10-16(11-13-18)14-27-21-22(30)29(15-17-6-2-1-3-7-17)20-9-5-4-8-19(20)28-21/h1-13H,14-15H2,(H,27,28). The van der Waals surface area contributed by atoms with E-state index in [0.717, 1.165) is 17.7 Å². The molecule has 0 amide bonds. The van der Waals surface area contributed by atoms with Crippen LogP contribution in [0.25, 0.3) is 11.0 Å². The van der Waals surface area contributed by atoms with Crippen molar-refractivity contribution in [3.8, 4) is 0 Å². The van der Waals surface area contributed by atoms with Gasteiger partial charge in [-0.1, -0.05) is 54.6 Å². The van der Waals surface area contributed by atoms with Crippen LogP contribution in [0, 0.1) is 0 Å². The highest BCUT2D eigenvalue weighted by Gasteiger charge is 2.29. The second-order valence-electron chi connectivity index (χ2n) is 6.87. The van der Waals surface area contributed by atoms with Crippen molar-refractivity contribution in [3.63, 3.8) is 0 Å². The number of fused-ring (bicyclic) bond motifs is 1. The Morgan fingerprint density at radius 3 is 2.20 bits per heavy atom. The lowest BCUT2D eigenvalue weighted by Crippen LogP contribution is -2.26. The van der Waals surface area contributed by atoms with E-state index in [1.165, 1.54) is 12.1 Å². The monoisotopic (exact) mass is 409 g/mol. The molecule has 0 fully saturated rings. The zero-order chi connectivity index (χ0) is 21.1. The molecule has 0 saturated carbocycles. The van der Waals surface area contributed by atoms with Crippen LogP contribution in [-0.4, -0.2) is 9.55 Å². The maximum atomic E-state index is 13.1. The first kappa shape index (κ1) is 19.7. The molecule has 30 heavy (non-hydrogen) atoms. The van der Waals surface area contributed by atoms with E-state index in [1.807, 2.05) is 54.6 Å². The summed E-state index contributed by atoms with van der Waals surface area (Å²) in [5.41, 5.74) is 1.97. The van der Waals surface area contributed by atoms with Crippen molar-refractivity contribution in [2.75, 3.05) is 5.32 Å². The van der Waals surface area contributed by atoms with Gasteiger partial charge in [-0.25, -0.2) is 4.98 Å². The average Bonchev–Trinajstić information content (AvgIpc) is 2.75. The van der Waals surface area contributed by atoms with Crippen molar-refractivity contribution < 1.29 is 13.2 Å². The summed E-state index contributed by atoms with van der Waals surface area (Å²) in [7, 11) is 0. The van der Waals surface area contributed by atoms with Gasteiger partial charge in [0.1, 0.15) is 0 Å². The molecule has 4 rings (SSSR count). The van der Waals surface area contributed by atoms with Crippen LogP contribution in [0.5, 0.6) is 0 Å². The number of benzene rings is 3. The van der Waals surface area contributed by atoms with Crippen LogP contribution >= 0.6 is 0 Å². The van der Waals surface area contributed by atoms with E-state index in [0.29, 0.717) is 23.1 Å². The molecular weight excluding hydrogens is 391 g/mol. The molecule has 4 nitrogen and oxygen atoms in total. The summed E-state index contributed by atoms with van der Waals surface area (Å²) in [6.07, 6.45) is -4.38. The maximum absolute atomic E-state index is 13.1. The van der Waals surface area contributed by atoms with Crippen LogP contribution in [-0.2, 0) is 19.3 Å². The molecule has 7 heteroatoms. The van der Waals surface area contributed by atoms with E-state index in [1.54, 1.807) is 4.57 Å². The van der Waals surface area contributed by atoms with E-state index < -0.39 is 11.7 Å². The predicted octanol–water partition coefficient (Wildman–Crippen LogP) is 5.08. The lowest BCUT2D eigenvalue weighted by molar-refractivity contribution is -0.137. The van der Waals surface area contributed by atoms with Crippen molar-refractivity contribution >= 4 is 16.9 Å². The van der Waals surface area contributed by atoms with Gasteiger partial charge in [-0.15, -0.1) is 0 Å². The molecule has 0 saturated heterocycles. The topological polar surface area (TPSA) is 46.9 Å². The molecule has 0 bridgehead atoms. The number of para-hydroxylation sites is 2. The number of aromatic nitrogens is 2. The Balaban J connectivity index is 1.64. The number of nitrogens with one attached hydrogen (secondary N) is 1. The van der Waals surface area contributed by atoms with Crippen molar-refractivity contribution in [3.05, 3.63) is 106 Å². The first-order valence-corrected chi connectivity index (χ1v) is 9.35. The fraction of sp³-hybridized carbons (Fsp3) is 0.130. The molecule has 4 aromatic rings. The van der Waals surface area contributed by atoms with Gasteiger partial charge in [0, 0.05) is 6.54 Å². The Labute approximate surface area is 170 Å². The van der Waals surface area contributed by atoms with Gasteiger partial charge >= 0.3 is 6.18 Å². The summed E-state index contributed by atoms with van der Waals surface area (Å²) < 4.78 is 39.8. The minimum absolute atomic E-state index is 0.157. The SMILES string of the molecule is O=c1c(NCc2ccc(C(F)(F)F)cc2)nc2ccccc2n1Cc1ccccc1. The number of rotatable bonds is 5. The third-order valence-electron chi connectivity index (χ3n) is 4.78. The Morgan fingerprint density at radius 1 is 0.833 bits per heavy atom. The van der Waals surface area contributed by atoms with Crippen LogP contribution in [0.4, 0.5) is 19.0 Å². The molecule has 0 atom stereocenters. The van der Waals surface area contributed by atoms with Gasteiger partial charge in [0.25, 0.3) is 5.56 Å². The maximum Gasteiger partial charge on any atom is 0.416 e. The quantitative estimate of drug-likeness (QED) is 0.500. The molecular formula is C23H18F3N3O. The smallest absolute Gasteiger partial charge is 0.361 e. The Hall–Kier alpha value is -3.61. The number of anilines is 1. The lowest BCUT2D eigenvalue weighted by atomic mass is 10.1. The summed E-state index contributed by atoms with van der Waals surface area (Å²) in [5.74, 6) is 0.157. The summed E-state index contributed by atoms with van der Waals surface area (Å²) in [5, 5.41) is 2.98. The van der Waals surface area contributed by atoms with Gasteiger partial charge in [0.05, 0.1) is 23.1 Å². The number of halogens is 3. The van der Waals surface area contributed by atoms with E-state index in [2.05, 4.69) is 10.3 Å². The summed E-state index contributed by atoms with van der Waals surface area (Å²) in [6.45, 7) is 0.571. The third-order valence-corrected chi connectivity index (χ3v) is 4.78. The van der Waals surface area contributed by atoms with Gasteiger partial charge in [-0.2, -0.15) is 13.2 Å². The molecule has 3 aromatic carbocycles. The van der Waals surface area contributed by atoms with Gasteiger partial charge in [0.2, 0.25) is 0 Å². The van der Waals surface area contributed by atoms with Crippen LogP contribution in [0.15, 0.2) is 83.7 Å². The summed E-state index contributed by atoms with van der Waals surface area (Å²) in [6, 6.07) is 21.8. The van der Waals surface area contributed by atoms with Gasteiger partial charge in [-0.05, 0) is 35.4 Å².